The average Bonchev–Trinajstić information content (AvgIpc) is 3.14. The Morgan fingerprint density at radius 3 is 2.87 bits per heavy atom. The second-order valence-electron chi connectivity index (χ2n) is 6.24. The van der Waals surface area contributed by atoms with Crippen molar-refractivity contribution < 1.29 is 14.1 Å². The van der Waals surface area contributed by atoms with Crippen molar-refractivity contribution in [1.82, 2.24) is 24.8 Å². The van der Waals surface area contributed by atoms with Crippen molar-refractivity contribution in [3.63, 3.8) is 0 Å². The molecular weight excluding hydrogens is 298 g/mol. The van der Waals surface area contributed by atoms with Gasteiger partial charge in [0, 0.05) is 39.7 Å². The predicted molar refractivity (Wildman–Crippen MR) is 84.9 cm³/mol. The first-order chi connectivity index (χ1) is 11.0. The molecule has 2 rings (SSSR count). The fraction of sp³-hybridized carbons (Fsp3) is 0.800. The van der Waals surface area contributed by atoms with Gasteiger partial charge in [0.05, 0.1) is 19.7 Å². The molecule has 0 spiro atoms. The molecule has 0 saturated carbocycles. The van der Waals surface area contributed by atoms with E-state index in [1.807, 2.05) is 0 Å². The van der Waals surface area contributed by atoms with Crippen molar-refractivity contribution in [2.24, 2.45) is 0 Å². The molecule has 1 aliphatic heterocycles. The molecule has 2 heterocycles. The van der Waals surface area contributed by atoms with Gasteiger partial charge in [-0.3, -0.25) is 9.69 Å². The summed E-state index contributed by atoms with van der Waals surface area (Å²) in [5, 5.41) is 3.88. The molecule has 1 saturated heterocycles. The Kier molecular flexibility index (Phi) is 6.49. The Morgan fingerprint density at radius 1 is 1.43 bits per heavy atom. The number of hydrogen-bond donors (Lipinski definition) is 0. The minimum absolute atomic E-state index is 0.0704. The maximum absolute atomic E-state index is 12.3. The molecule has 8 heteroatoms. The van der Waals surface area contributed by atoms with E-state index in [9.17, 15) is 4.79 Å². The smallest absolute Gasteiger partial charge is 0.246 e. The molecule has 0 N–H and O–H groups in total. The van der Waals surface area contributed by atoms with Gasteiger partial charge >= 0.3 is 0 Å². The van der Waals surface area contributed by atoms with Crippen LogP contribution >= 0.6 is 0 Å². The molecule has 1 aromatic rings. The lowest BCUT2D eigenvalue weighted by atomic mass is 10.2. The van der Waals surface area contributed by atoms with Crippen LogP contribution in [-0.2, 0) is 22.5 Å². The van der Waals surface area contributed by atoms with Crippen LogP contribution in [0.25, 0.3) is 0 Å². The minimum atomic E-state index is 0.0704. The fourth-order valence-corrected chi connectivity index (χ4v) is 2.63. The van der Waals surface area contributed by atoms with E-state index >= 15 is 0 Å². The lowest BCUT2D eigenvalue weighted by Crippen LogP contribution is -2.39. The normalized spacial score (nSPS) is 18.7. The van der Waals surface area contributed by atoms with Crippen molar-refractivity contribution in [1.29, 1.82) is 0 Å². The Hall–Kier alpha value is -1.51. The summed E-state index contributed by atoms with van der Waals surface area (Å²) in [6, 6.07) is 0.535. The number of aromatic nitrogens is 2. The number of carbonyl (C=O) groups is 1. The summed E-state index contributed by atoms with van der Waals surface area (Å²) < 4.78 is 10.1. The van der Waals surface area contributed by atoms with Gasteiger partial charge in [-0.25, -0.2) is 0 Å². The monoisotopic (exact) mass is 325 g/mol. The highest BCUT2D eigenvalue weighted by atomic mass is 16.5. The predicted octanol–water partition coefficient (Wildman–Crippen LogP) is -0.147. The third-order valence-electron chi connectivity index (χ3n) is 4.17. The van der Waals surface area contributed by atoms with Gasteiger partial charge in [-0.2, -0.15) is 4.98 Å². The van der Waals surface area contributed by atoms with Gasteiger partial charge in [0.2, 0.25) is 11.8 Å². The molecule has 0 unspecified atom stereocenters. The van der Waals surface area contributed by atoms with E-state index < -0.39 is 0 Å². The molecule has 1 fully saturated rings. The lowest BCUT2D eigenvalue weighted by molar-refractivity contribution is -0.131. The molecule has 1 aliphatic rings. The minimum Gasteiger partial charge on any atom is -0.384 e. The molecule has 1 amide bonds. The third-order valence-corrected chi connectivity index (χ3v) is 4.17. The number of amides is 1. The van der Waals surface area contributed by atoms with Crippen LogP contribution in [0.15, 0.2) is 4.52 Å². The number of methoxy groups -OCH3 is 1. The van der Waals surface area contributed by atoms with Gasteiger partial charge in [0.25, 0.3) is 0 Å². The number of likely N-dealkylation sites (tertiary alicyclic amines) is 1. The van der Waals surface area contributed by atoms with Crippen molar-refractivity contribution in [3.05, 3.63) is 11.7 Å². The van der Waals surface area contributed by atoms with Crippen molar-refractivity contribution in [3.8, 4) is 0 Å². The zero-order valence-corrected chi connectivity index (χ0v) is 14.5. The average molecular weight is 325 g/mol. The molecule has 1 atom stereocenters. The lowest BCUT2D eigenvalue weighted by Gasteiger charge is -2.22. The van der Waals surface area contributed by atoms with Crippen molar-refractivity contribution in [2.45, 2.75) is 25.4 Å². The summed E-state index contributed by atoms with van der Waals surface area (Å²) in [5.41, 5.74) is 0. The largest absolute Gasteiger partial charge is 0.384 e. The Balaban J connectivity index is 1.77. The molecule has 0 aliphatic carbocycles. The van der Waals surface area contributed by atoms with E-state index in [1.165, 1.54) is 0 Å². The number of ether oxygens (including phenoxy) is 1. The van der Waals surface area contributed by atoms with E-state index in [4.69, 9.17) is 9.26 Å². The maximum atomic E-state index is 12.3. The maximum Gasteiger partial charge on any atom is 0.246 e. The summed E-state index contributed by atoms with van der Waals surface area (Å²) in [4.78, 5) is 22.6. The van der Waals surface area contributed by atoms with Crippen molar-refractivity contribution >= 4 is 5.91 Å². The first kappa shape index (κ1) is 17.8. The quantitative estimate of drug-likeness (QED) is 0.658. The number of hydrogen-bond acceptors (Lipinski definition) is 7. The topological polar surface area (TPSA) is 74.9 Å². The summed E-state index contributed by atoms with van der Waals surface area (Å²) in [5.74, 6) is 1.14. The number of nitrogens with zero attached hydrogens (tertiary/aromatic N) is 5. The SMILES string of the molecule is COCCc1noc(CN(C)C(=O)CN2CC[C@@H](N(C)C)C2)n1. The van der Waals surface area contributed by atoms with Gasteiger partial charge in [-0.05, 0) is 20.5 Å². The van der Waals surface area contributed by atoms with Crippen LogP contribution in [0.1, 0.15) is 18.1 Å². The second-order valence-corrected chi connectivity index (χ2v) is 6.24. The summed E-state index contributed by atoms with van der Waals surface area (Å²) >= 11 is 0. The van der Waals surface area contributed by atoms with Gasteiger partial charge in [-0.15, -0.1) is 0 Å². The van der Waals surface area contributed by atoms with Crippen LogP contribution in [0.3, 0.4) is 0 Å². The Morgan fingerprint density at radius 2 is 2.22 bits per heavy atom. The second kappa shape index (κ2) is 8.37. The molecule has 23 heavy (non-hydrogen) atoms. The van der Waals surface area contributed by atoms with E-state index in [0.717, 1.165) is 19.5 Å². The summed E-state index contributed by atoms with van der Waals surface area (Å²) in [6.07, 6.45) is 1.72. The molecule has 8 nitrogen and oxygen atoms in total. The fourth-order valence-electron chi connectivity index (χ4n) is 2.63. The van der Waals surface area contributed by atoms with E-state index in [1.54, 1.807) is 19.1 Å². The van der Waals surface area contributed by atoms with Gasteiger partial charge in [0.1, 0.15) is 0 Å². The molecule has 0 aromatic carbocycles. The van der Waals surface area contributed by atoms with Gasteiger partial charge in [0.15, 0.2) is 5.82 Å². The first-order valence-corrected chi connectivity index (χ1v) is 7.92. The molecular formula is C15H27N5O3. The number of carbonyl (C=O) groups excluding carboxylic acids is 1. The van der Waals surface area contributed by atoms with Crippen LogP contribution in [0, 0.1) is 0 Å². The molecule has 0 bridgehead atoms. The summed E-state index contributed by atoms with van der Waals surface area (Å²) in [6.45, 7) is 3.23. The molecule has 1 aromatic heterocycles. The van der Waals surface area contributed by atoms with E-state index in [0.29, 0.717) is 43.9 Å². The molecule has 130 valence electrons. The summed E-state index contributed by atoms with van der Waals surface area (Å²) in [7, 11) is 7.56. The molecule has 0 radical (unpaired) electrons. The number of likely N-dealkylation sites (N-methyl/N-ethyl adjacent to an activating group) is 2. The van der Waals surface area contributed by atoms with Crippen LogP contribution in [0.5, 0.6) is 0 Å². The van der Waals surface area contributed by atoms with Crippen LogP contribution < -0.4 is 0 Å². The standard InChI is InChI=1S/C15H27N5O3/c1-18(2)12-5-7-20(9-12)11-15(21)19(3)10-14-16-13(17-23-14)6-8-22-4/h12H,5-11H2,1-4H3/t12-/m1/s1. The zero-order valence-electron chi connectivity index (χ0n) is 14.5. The highest BCUT2D eigenvalue weighted by Gasteiger charge is 2.26. The van der Waals surface area contributed by atoms with Crippen LogP contribution in [0.2, 0.25) is 0 Å². The Bertz CT molecular complexity index is 505. The Labute approximate surface area is 137 Å². The van der Waals surface area contributed by atoms with E-state index in [2.05, 4.69) is 34.0 Å². The van der Waals surface area contributed by atoms with E-state index in [-0.39, 0.29) is 5.91 Å². The van der Waals surface area contributed by atoms with Gasteiger partial charge in [-0.1, -0.05) is 5.16 Å². The van der Waals surface area contributed by atoms with Crippen molar-refractivity contribution in [2.75, 3.05) is 54.5 Å². The van der Waals surface area contributed by atoms with Gasteiger partial charge < -0.3 is 19.1 Å². The highest BCUT2D eigenvalue weighted by Crippen LogP contribution is 2.13. The highest BCUT2D eigenvalue weighted by molar-refractivity contribution is 5.77. The van der Waals surface area contributed by atoms with Crippen LogP contribution in [0.4, 0.5) is 0 Å². The van der Waals surface area contributed by atoms with Crippen LogP contribution in [-0.4, -0.2) is 91.3 Å². The zero-order chi connectivity index (χ0) is 16.8. The number of rotatable bonds is 8. The third kappa shape index (κ3) is 5.26. The first-order valence-electron chi connectivity index (χ1n) is 7.92.